The maximum atomic E-state index is 10.5. The maximum absolute atomic E-state index is 10.5. The van der Waals surface area contributed by atoms with Crippen molar-refractivity contribution in [3.8, 4) is 0 Å². The lowest BCUT2D eigenvalue weighted by Gasteiger charge is -2.33. The van der Waals surface area contributed by atoms with Crippen molar-refractivity contribution in [2.45, 2.75) is 32.6 Å². The molecule has 2 rings (SSSR count). The van der Waals surface area contributed by atoms with E-state index >= 15 is 0 Å². The second-order valence-electron chi connectivity index (χ2n) is 4.83. The first-order chi connectivity index (χ1) is 8.66. The lowest BCUT2D eigenvalue weighted by molar-refractivity contribution is -0.137. The van der Waals surface area contributed by atoms with E-state index in [1.807, 2.05) is 6.92 Å². The largest absolute Gasteiger partial charge is 0.481 e. The number of piperidine rings is 1. The molecule has 98 valence electrons. The molecule has 5 nitrogen and oxygen atoms in total. The number of carboxylic acids is 1. The highest BCUT2D eigenvalue weighted by Crippen LogP contribution is 2.25. The van der Waals surface area contributed by atoms with E-state index in [-0.39, 0.29) is 6.42 Å². The van der Waals surface area contributed by atoms with Gasteiger partial charge in [0.05, 0.1) is 5.69 Å². The number of anilines is 1. The molecule has 0 bridgehead atoms. The Morgan fingerprint density at radius 1 is 1.39 bits per heavy atom. The van der Waals surface area contributed by atoms with Crippen molar-refractivity contribution < 1.29 is 9.90 Å². The van der Waals surface area contributed by atoms with Crippen LogP contribution in [0.5, 0.6) is 0 Å². The van der Waals surface area contributed by atoms with Gasteiger partial charge in [0.15, 0.2) is 0 Å². The van der Waals surface area contributed by atoms with Crippen LogP contribution in [0.15, 0.2) is 12.4 Å². The van der Waals surface area contributed by atoms with Gasteiger partial charge in [-0.1, -0.05) is 0 Å². The van der Waals surface area contributed by atoms with Gasteiger partial charge in [0, 0.05) is 31.9 Å². The summed E-state index contributed by atoms with van der Waals surface area (Å²) in [6, 6.07) is 0. The highest BCUT2D eigenvalue weighted by atomic mass is 16.4. The predicted octanol–water partition coefficient (Wildman–Crippen LogP) is 1.87. The molecule has 18 heavy (non-hydrogen) atoms. The summed E-state index contributed by atoms with van der Waals surface area (Å²) in [6.45, 7) is 3.87. The van der Waals surface area contributed by atoms with Crippen LogP contribution in [-0.2, 0) is 4.79 Å². The van der Waals surface area contributed by atoms with Gasteiger partial charge in [0.25, 0.3) is 0 Å². The number of rotatable bonds is 4. The summed E-state index contributed by atoms with van der Waals surface area (Å²) >= 11 is 0. The molecule has 1 aliphatic rings. The first-order valence-corrected chi connectivity index (χ1v) is 6.41. The van der Waals surface area contributed by atoms with Crippen LogP contribution < -0.4 is 4.90 Å². The number of carboxylic acid groups (broad SMARTS) is 1. The monoisotopic (exact) mass is 249 g/mol. The number of hydrogen-bond acceptors (Lipinski definition) is 4. The Hall–Kier alpha value is -1.65. The highest BCUT2D eigenvalue weighted by Gasteiger charge is 2.21. The van der Waals surface area contributed by atoms with Gasteiger partial charge >= 0.3 is 5.97 Å². The van der Waals surface area contributed by atoms with E-state index in [1.54, 1.807) is 12.4 Å². The van der Waals surface area contributed by atoms with Crippen LogP contribution in [0.4, 0.5) is 5.82 Å². The van der Waals surface area contributed by atoms with Gasteiger partial charge in [0.2, 0.25) is 0 Å². The van der Waals surface area contributed by atoms with Crippen LogP contribution in [0, 0.1) is 12.8 Å². The third-order valence-electron chi connectivity index (χ3n) is 3.54. The molecule has 0 saturated carbocycles. The fourth-order valence-corrected chi connectivity index (χ4v) is 2.47. The Kier molecular flexibility index (Phi) is 4.12. The number of aryl methyl sites for hydroxylation is 1. The van der Waals surface area contributed by atoms with Crippen molar-refractivity contribution in [2.24, 2.45) is 5.92 Å². The Bertz CT molecular complexity index is 414. The van der Waals surface area contributed by atoms with Gasteiger partial charge in [0.1, 0.15) is 5.82 Å². The summed E-state index contributed by atoms with van der Waals surface area (Å²) in [5.74, 6) is 0.811. The summed E-state index contributed by atoms with van der Waals surface area (Å²) < 4.78 is 0. The topological polar surface area (TPSA) is 66.3 Å². The van der Waals surface area contributed by atoms with E-state index < -0.39 is 5.97 Å². The van der Waals surface area contributed by atoms with Crippen LogP contribution in [0.2, 0.25) is 0 Å². The van der Waals surface area contributed by atoms with Crippen molar-refractivity contribution in [1.29, 1.82) is 0 Å². The molecule has 0 radical (unpaired) electrons. The Morgan fingerprint density at radius 3 is 2.67 bits per heavy atom. The third-order valence-corrected chi connectivity index (χ3v) is 3.54. The van der Waals surface area contributed by atoms with Gasteiger partial charge in [-0.05, 0) is 32.1 Å². The molecule has 1 aliphatic heterocycles. The molecule has 0 amide bonds. The highest BCUT2D eigenvalue weighted by molar-refractivity contribution is 5.66. The number of aromatic nitrogens is 2. The van der Waals surface area contributed by atoms with Crippen LogP contribution in [0.3, 0.4) is 0 Å². The second kappa shape index (κ2) is 5.80. The quantitative estimate of drug-likeness (QED) is 0.882. The molecule has 0 atom stereocenters. The first kappa shape index (κ1) is 12.8. The fraction of sp³-hybridized carbons (Fsp3) is 0.615. The van der Waals surface area contributed by atoms with E-state index in [0.29, 0.717) is 5.92 Å². The number of hydrogen-bond donors (Lipinski definition) is 1. The molecule has 1 N–H and O–H groups in total. The lowest BCUT2D eigenvalue weighted by Crippen LogP contribution is -2.35. The smallest absolute Gasteiger partial charge is 0.303 e. The van der Waals surface area contributed by atoms with Gasteiger partial charge in [-0.3, -0.25) is 9.78 Å². The molecule has 1 fully saturated rings. The third kappa shape index (κ3) is 3.18. The zero-order valence-electron chi connectivity index (χ0n) is 10.7. The zero-order valence-corrected chi connectivity index (χ0v) is 10.7. The van der Waals surface area contributed by atoms with Crippen LogP contribution in [0.25, 0.3) is 0 Å². The molecule has 1 aromatic rings. The van der Waals surface area contributed by atoms with Crippen molar-refractivity contribution in [1.82, 2.24) is 9.97 Å². The minimum absolute atomic E-state index is 0.287. The predicted molar refractivity (Wildman–Crippen MR) is 68.6 cm³/mol. The molecular formula is C13H19N3O2. The van der Waals surface area contributed by atoms with Gasteiger partial charge in [-0.15, -0.1) is 0 Å². The lowest BCUT2D eigenvalue weighted by atomic mass is 9.92. The standard InChI is InChI=1S/C13H19N3O2/c1-10-13(15-7-6-14-10)16-8-4-11(5-9-16)2-3-12(17)18/h6-7,11H,2-5,8-9H2,1H3,(H,17,18). The summed E-state index contributed by atoms with van der Waals surface area (Å²) in [5.41, 5.74) is 0.960. The van der Waals surface area contributed by atoms with Crippen LogP contribution in [-0.4, -0.2) is 34.1 Å². The van der Waals surface area contributed by atoms with E-state index in [0.717, 1.165) is 43.9 Å². The summed E-state index contributed by atoms with van der Waals surface area (Å²) in [5, 5.41) is 8.68. The molecule has 0 unspecified atom stereocenters. The minimum atomic E-state index is -0.692. The molecular weight excluding hydrogens is 230 g/mol. The molecule has 0 aliphatic carbocycles. The second-order valence-corrected chi connectivity index (χ2v) is 4.83. The van der Waals surface area contributed by atoms with Gasteiger partial charge in [-0.2, -0.15) is 0 Å². The van der Waals surface area contributed by atoms with E-state index in [9.17, 15) is 4.79 Å². The first-order valence-electron chi connectivity index (χ1n) is 6.41. The Morgan fingerprint density at radius 2 is 2.06 bits per heavy atom. The number of carbonyl (C=O) groups is 1. The summed E-state index contributed by atoms with van der Waals surface area (Å²) in [4.78, 5) is 21.4. The zero-order chi connectivity index (χ0) is 13.0. The van der Waals surface area contributed by atoms with E-state index in [1.165, 1.54) is 0 Å². The van der Waals surface area contributed by atoms with Crippen molar-refractivity contribution in [2.75, 3.05) is 18.0 Å². The normalized spacial score (nSPS) is 16.8. The van der Waals surface area contributed by atoms with E-state index in [4.69, 9.17) is 5.11 Å². The summed E-state index contributed by atoms with van der Waals surface area (Å²) in [7, 11) is 0. The Labute approximate surface area is 107 Å². The van der Waals surface area contributed by atoms with Crippen LogP contribution in [0.1, 0.15) is 31.4 Å². The van der Waals surface area contributed by atoms with E-state index in [2.05, 4.69) is 14.9 Å². The SMILES string of the molecule is Cc1nccnc1N1CCC(CCC(=O)O)CC1. The average molecular weight is 249 g/mol. The minimum Gasteiger partial charge on any atom is -0.481 e. The van der Waals surface area contributed by atoms with Crippen molar-refractivity contribution in [3.63, 3.8) is 0 Å². The van der Waals surface area contributed by atoms with Crippen molar-refractivity contribution >= 4 is 11.8 Å². The maximum Gasteiger partial charge on any atom is 0.303 e. The average Bonchev–Trinajstić information content (AvgIpc) is 2.38. The van der Waals surface area contributed by atoms with Crippen molar-refractivity contribution in [3.05, 3.63) is 18.1 Å². The fourth-order valence-electron chi connectivity index (χ4n) is 2.47. The Balaban J connectivity index is 1.87. The molecule has 1 saturated heterocycles. The molecule has 2 heterocycles. The van der Waals surface area contributed by atoms with Crippen LogP contribution >= 0.6 is 0 Å². The number of aliphatic carboxylic acids is 1. The van der Waals surface area contributed by atoms with Gasteiger partial charge < -0.3 is 10.0 Å². The van der Waals surface area contributed by atoms with Gasteiger partial charge in [-0.25, -0.2) is 4.98 Å². The molecule has 0 aromatic carbocycles. The molecule has 0 spiro atoms. The summed E-state index contributed by atoms with van der Waals surface area (Å²) in [6.07, 6.45) is 6.60. The number of nitrogens with zero attached hydrogens (tertiary/aromatic N) is 3. The molecule has 1 aromatic heterocycles. The molecule has 5 heteroatoms.